The molecule has 0 bridgehead atoms. The highest BCUT2D eigenvalue weighted by Crippen LogP contribution is 2.39. The van der Waals surface area contributed by atoms with Gasteiger partial charge in [0.2, 0.25) is 0 Å². The molecule has 0 aliphatic heterocycles. The fourth-order valence-corrected chi connectivity index (χ4v) is 3.10. The lowest BCUT2D eigenvalue weighted by Gasteiger charge is -2.20. The van der Waals surface area contributed by atoms with Crippen LogP contribution in [0.15, 0.2) is 35.4 Å². The monoisotopic (exact) mass is 276 g/mol. The highest BCUT2D eigenvalue weighted by Gasteiger charge is 2.22. The average Bonchev–Trinajstić information content (AvgIpc) is 3.13. The van der Waals surface area contributed by atoms with Gasteiger partial charge in [-0.25, -0.2) is 0 Å². The number of hydrogen-bond acceptors (Lipinski definition) is 2. The SMILES string of the molecule is [2H]C([2H])([C@@H](C)N(C)C)n1ccc2cc(SC3CC3)ccc21. The minimum absolute atomic E-state index is 0.200. The Bertz CT molecular complexity index is 647. The van der Waals surface area contributed by atoms with E-state index < -0.39 is 6.50 Å². The summed E-state index contributed by atoms with van der Waals surface area (Å²) in [6.07, 6.45) is 4.52. The first-order chi connectivity index (χ1) is 9.89. The van der Waals surface area contributed by atoms with Gasteiger partial charge in [-0.05, 0) is 58.1 Å². The molecular formula is C16H22N2S. The van der Waals surface area contributed by atoms with Gasteiger partial charge in [-0.3, -0.25) is 0 Å². The Balaban J connectivity index is 1.95. The molecule has 1 aliphatic carbocycles. The molecule has 3 rings (SSSR count). The number of hydrogen-bond donors (Lipinski definition) is 0. The third kappa shape index (κ3) is 2.98. The van der Waals surface area contributed by atoms with E-state index in [4.69, 9.17) is 2.74 Å². The van der Waals surface area contributed by atoms with Gasteiger partial charge < -0.3 is 9.47 Å². The van der Waals surface area contributed by atoms with Gasteiger partial charge in [0, 0.05) is 39.8 Å². The smallest absolute Gasteiger partial charge is 0.0514 e. The molecule has 0 N–H and O–H groups in total. The molecule has 0 radical (unpaired) electrons. The second-order valence-electron chi connectivity index (χ2n) is 5.49. The number of rotatable bonds is 5. The van der Waals surface area contributed by atoms with E-state index >= 15 is 0 Å². The van der Waals surface area contributed by atoms with Gasteiger partial charge in [-0.2, -0.15) is 0 Å². The minimum atomic E-state index is -1.43. The van der Waals surface area contributed by atoms with Gasteiger partial charge in [0.15, 0.2) is 0 Å². The molecule has 102 valence electrons. The van der Waals surface area contributed by atoms with Crippen LogP contribution in [-0.2, 0) is 6.50 Å². The largest absolute Gasteiger partial charge is 0.346 e. The van der Waals surface area contributed by atoms with Crippen LogP contribution in [0, 0.1) is 0 Å². The van der Waals surface area contributed by atoms with Crippen LogP contribution in [-0.4, -0.2) is 34.9 Å². The van der Waals surface area contributed by atoms with Crippen LogP contribution < -0.4 is 0 Å². The first kappa shape index (κ1) is 10.8. The summed E-state index contributed by atoms with van der Waals surface area (Å²) in [7, 11) is 3.83. The lowest BCUT2D eigenvalue weighted by Crippen LogP contribution is -2.28. The molecule has 1 heterocycles. The molecule has 1 atom stereocenters. The van der Waals surface area contributed by atoms with E-state index in [0.29, 0.717) is 0 Å². The number of thioether (sulfide) groups is 1. The van der Waals surface area contributed by atoms with Crippen molar-refractivity contribution < 1.29 is 2.74 Å². The van der Waals surface area contributed by atoms with Gasteiger partial charge in [-0.15, -0.1) is 11.8 Å². The number of benzene rings is 1. The second kappa shape index (κ2) is 5.22. The topological polar surface area (TPSA) is 8.17 Å². The van der Waals surface area contributed by atoms with Gasteiger partial charge in [0.1, 0.15) is 0 Å². The highest BCUT2D eigenvalue weighted by molar-refractivity contribution is 8.00. The lowest BCUT2D eigenvalue weighted by molar-refractivity contribution is 0.286. The fourth-order valence-electron chi connectivity index (χ4n) is 2.00. The van der Waals surface area contributed by atoms with Crippen LogP contribution in [0.4, 0.5) is 0 Å². The van der Waals surface area contributed by atoms with Crippen LogP contribution in [0.25, 0.3) is 10.9 Å². The Morgan fingerprint density at radius 2 is 2.21 bits per heavy atom. The van der Waals surface area contributed by atoms with Crippen molar-refractivity contribution in [2.75, 3.05) is 14.1 Å². The van der Waals surface area contributed by atoms with Crippen LogP contribution >= 0.6 is 11.8 Å². The molecule has 1 fully saturated rings. The predicted molar refractivity (Wildman–Crippen MR) is 84.0 cm³/mol. The summed E-state index contributed by atoms with van der Waals surface area (Å²) in [5, 5.41) is 1.92. The molecule has 1 aliphatic rings. The zero-order chi connectivity index (χ0) is 15.2. The number of aromatic nitrogens is 1. The minimum Gasteiger partial charge on any atom is -0.346 e. The molecule has 0 saturated heterocycles. The Morgan fingerprint density at radius 1 is 1.42 bits per heavy atom. The van der Waals surface area contributed by atoms with E-state index in [0.717, 1.165) is 16.2 Å². The molecule has 3 heteroatoms. The summed E-state index contributed by atoms with van der Waals surface area (Å²) in [5.74, 6) is 0. The third-order valence-corrected chi connectivity index (χ3v) is 4.92. The summed E-state index contributed by atoms with van der Waals surface area (Å²) >= 11 is 1.94. The summed E-state index contributed by atoms with van der Waals surface area (Å²) in [6.45, 7) is 0.486. The van der Waals surface area contributed by atoms with Crippen LogP contribution in [0.1, 0.15) is 22.5 Å². The molecule has 0 amide bonds. The maximum absolute atomic E-state index is 8.46. The molecule has 1 saturated carbocycles. The maximum atomic E-state index is 8.46. The normalized spacial score (nSPS) is 19.6. The molecule has 0 unspecified atom stereocenters. The number of likely N-dealkylation sites (N-methyl/N-ethyl adjacent to an activating group) is 1. The third-order valence-electron chi connectivity index (χ3n) is 3.59. The van der Waals surface area contributed by atoms with Gasteiger partial charge in [0.25, 0.3) is 0 Å². The average molecular weight is 276 g/mol. The van der Waals surface area contributed by atoms with Crippen LogP contribution in [0.2, 0.25) is 0 Å². The van der Waals surface area contributed by atoms with Gasteiger partial charge >= 0.3 is 0 Å². The second-order valence-corrected chi connectivity index (χ2v) is 6.87. The summed E-state index contributed by atoms with van der Waals surface area (Å²) in [4.78, 5) is 3.22. The van der Waals surface area contributed by atoms with E-state index in [1.165, 1.54) is 17.7 Å². The molecular weight excluding hydrogens is 252 g/mol. The lowest BCUT2D eigenvalue weighted by atomic mass is 10.2. The van der Waals surface area contributed by atoms with Crippen LogP contribution in [0.3, 0.4) is 0 Å². The number of fused-ring (bicyclic) bond motifs is 1. The molecule has 2 nitrogen and oxygen atoms in total. The fraction of sp³-hybridized carbons (Fsp3) is 0.500. The van der Waals surface area contributed by atoms with Crippen molar-refractivity contribution in [2.24, 2.45) is 0 Å². The van der Waals surface area contributed by atoms with Crippen molar-refractivity contribution >= 4 is 22.7 Å². The molecule has 2 aromatic rings. The van der Waals surface area contributed by atoms with Crippen molar-refractivity contribution in [3.63, 3.8) is 0 Å². The zero-order valence-electron chi connectivity index (χ0n) is 13.8. The highest BCUT2D eigenvalue weighted by atomic mass is 32.2. The number of nitrogens with zero attached hydrogens (tertiary/aromatic N) is 2. The van der Waals surface area contributed by atoms with Crippen molar-refractivity contribution in [1.82, 2.24) is 9.47 Å². The quantitative estimate of drug-likeness (QED) is 0.819. The summed E-state index contributed by atoms with van der Waals surface area (Å²) in [6, 6.07) is 8.18. The van der Waals surface area contributed by atoms with Crippen LogP contribution in [0.5, 0.6) is 0 Å². The molecule has 1 aromatic carbocycles. The van der Waals surface area contributed by atoms with Crippen molar-refractivity contribution in [2.45, 2.75) is 42.4 Å². The Hall–Kier alpha value is -0.930. The van der Waals surface area contributed by atoms with E-state index in [-0.39, 0.29) is 6.04 Å². The zero-order valence-corrected chi connectivity index (χ0v) is 12.6. The summed E-state index contributed by atoms with van der Waals surface area (Å²) in [5.41, 5.74) is 0.967. The van der Waals surface area contributed by atoms with E-state index in [9.17, 15) is 0 Å². The van der Waals surface area contributed by atoms with E-state index in [1.54, 1.807) is 4.57 Å². The molecule has 1 aromatic heterocycles. The van der Waals surface area contributed by atoms with E-state index in [2.05, 4.69) is 18.2 Å². The maximum Gasteiger partial charge on any atom is 0.0514 e. The predicted octanol–water partition coefficient (Wildman–Crippen LogP) is 3.85. The van der Waals surface area contributed by atoms with Crippen molar-refractivity contribution in [1.29, 1.82) is 0 Å². The van der Waals surface area contributed by atoms with Gasteiger partial charge in [-0.1, -0.05) is 0 Å². The molecule has 19 heavy (non-hydrogen) atoms. The van der Waals surface area contributed by atoms with Gasteiger partial charge in [0.05, 0.1) is 2.74 Å². The Kier molecular flexibility index (Phi) is 2.97. The summed E-state index contributed by atoms with van der Waals surface area (Å²) < 4.78 is 18.7. The first-order valence-electron chi connectivity index (χ1n) is 7.84. The van der Waals surface area contributed by atoms with Crippen molar-refractivity contribution in [3.05, 3.63) is 30.5 Å². The van der Waals surface area contributed by atoms with E-state index in [1.807, 2.05) is 49.9 Å². The Labute approximate surface area is 122 Å². The standard InChI is InChI=1S/C16H22N2S/c1-12(17(2)3)11-18-9-8-13-10-15(6-7-16(13)18)19-14-4-5-14/h6-10,12,14H,4-5,11H2,1-3H3/t12-/m1/s1/i11D2. The first-order valence-corrected chi connectivity index (χ1v) is 7.72. The Morgan fingerprint density at radius 3 is 2.89 bits per heavy atom. The van der Waals surface area contributed by atoms with Crippen molar-refractivity contribution in [3.8, 4) is 0 Å². The molecule has 0 spiro atoms.